The number of nitrogens with zero attached hydrogens (tertiary/aromatic N) is 5. The van der Waals surface area contributed by atoms with E-state index in [0.29, 0.717) is 17.0 Å². The zero-order valence-electron chi connectivity index (χ0n) is 23.4. The highest BCUT2D eigenvalue weighted by Gasteiger charge is 2.30. The number of H-pyrrole nitrogens is 1. The molecule has 0 bridgehead atoms. The lowest BCUT2D eigenvalue weighted by Gasteiger charge is -2.40. The van der Waals surface area contributed by atoms with Gasteiger partial charge in [0.15, 0.2) is 5.82 Å². The Labute approximate surface area is 219 Å². The monoisotopic (exact) mass is 516 g/mol. The number of aliphatic imine (C=N–C) groups is 1. The number of rotatable bonds is 5. The summed E-state index contributed by atoms with van der Waals surface area (Å²) in [4.78, 5) is 24.5. The Morgan fingerprint density at radius 1 is 1.19 bits per heavy atom. The van der Waals surface area contributed by atoms with E-state index in [4.69, 9.17) is 5.73 Å². The predicted molar refractivity (Wildman–Crippen MR) is 150 cm³/mol. The predicted octanol–water partition coefficient (Wildman–Crippen LogP) is 7.16. The van der Waals surface area contributed by atoms with Crippen LogP contribution in [0.1, 0.15) is 79.8 Å². The van der Waals surface area contributed by atoms with E-state index in [2.05, 4.69) is 48.7 Å². The van der Waals surface area contributed by atoms with Crippen LogP contribution in [-0.4, -0.2) is 42.6 Å². The van der Waals surface area contributed by atoms with E-state index in [0.717, 1.165) is 33.7 Å². The van der Waals surface area contributed by atoms with E-state index in [9.17, 15) is 8.78 Å². The summed E-state index contributed by atoms with van der Waals surface area (Å²) in [6, 6.07) is 0. The number of nitrogen functional groups attached to an aromatic ring is 1. The molecule has 1 aliphatic carbocycles. The number of allylic oxidation sites excluding steroid dienone is 1. The molecular weight excluding hydrogens is 474 g/mol. The summed E-state index contributed by atoms with van der Waals surface area (Å²) in [5, 5.41) is 4.22. The van der Waals surface area contributed by atoms with Crippen molar-refractivity contribution in [3.63, 3.8) is 0 Å². The number of aromatic amines is 1. The Morgan fingerprint density at radius 3 is 2.24 bits per heavy atom. The molecule has 0 radical (unpaired) electrons. The van der Waals surface area contributed by atoms with Crippen LogP contribution >= 0.6 is 0 Å². The first-order valence-electron chi connectivity index (χ1n) is 12.6. The summed E-state index contributed by atoms with van der Waals surface area (Å²) in [7, 11) is 0. The molecule has 8 nitrogen and oxygen atoms in total. The molecule has 0 amide bonds. The van der Waals surface area contributed by atoms with Gasteiger partial charge in [0.05, 0.1) is 17.6 Å². The summed E-state index contributed by atoms with van der Waals surface area (Å²) < 4.78 is 21.5. The number of alkyl halides is 2. The number of aromatic nitrogens is 5. The summed E-state index contributed by atoms with van der Waals surface area (Å²) in [5.41, 5.74) is 11.1. The Kier molecular flexibility index (Phi) is 12.8. The second-order valence-corrected chi connectivity index (χ2v) is 9.03. The number of anilines is 1. The minimum absolute atomic E-state index is 0.0278. The average molecular weight is 517 g/mol. The third-order valence-corrected chi connectivity index (χ3v) is 5.26. The first-order chi connectivity index (χ1) is 17.4. The maximum Gasteiger partial charge on any atom is 0.238 e. The molecule has 3 heterocycles. The molecule has 1 saturated carbocycles. The fraction of sp³-hybridized carbons (Fsp3) is 0.519. The molecule has 0 spiro atoms. The van der Waals surface area contributed by atoms with Crippen molar-refractivity contribution in [2.45, 2.75) is 93.0 Å². The van der Waals surface area contributed by atoms with E-state index >= 15 is 0 Å². The first-order valence-corrected chi connectivity index (χ1v) is 12.6. The maximum atomic E-state index is 10.8. The van der Waals surface area contributed by atoms with Crippen LogP contribution in [0.4, 0.5) is 20.5 Å². The summed E-state index contributed by atoms with van der Waals surface area (Å²) >= 11 is 0. The number of nitrogens with two attached hydrogens (primary N) is 1. The van der Waals surface area contributed by atoms with Crippen LogP contribution in [0.25, 0.3) is 22.3 Å². The lowest BCUT2D eigenvalue weighted by molar-refractivity contribution is 0.144. The van der Waals surface area contributed by atoms with Gasteiger partial charge in [-0.2, -0.15) is 4.98 Å². The summed E-state index contributed by atoms with van der Waals surface area (Å²) in [6.45, 7) is 19.3. The Morgan fingerprint density at radius 2 is 1.81 bits per heavy atom. The normalized spacial score (nSPS) is 13.1. The molecule has 204 valence electrons. The summed E-state index contributed by atoms with van der Waals surface area (Å²) in [6.07, 6.45) is 7.05. The number of aryl methyl sites for hydroxylation is 1. The van der Waals surface area contributed by atoms with Gasteiger partial charge in [-0.25, -0.2) is 28.7 Å². The molecule has 4 rings (SSSR count). The van der Waals surface area contributed by atoms with Crippen LogP contribution in [0.15, 0.2) is 35.9 Å². The molecule has 3 aromatic heterocycles. The number of halogens is 2. The molecular formula is C27H42F2N8. The molecule has 0 atom stereocenters. The smallest absolute Gasteiger partial charge is 0.238 e. The van der Waals surface area contributed by atoms with Crippen molar-refractivity contribution in [3.05, 3.63) is 36.6 Å². The molecule has 3 aromatic rings. The van der Waals surface area contributed by atoms with Gasteiger partial charge in [-0.15, -0.1) is 0 Å². The van der Waals surface area contributed by atoms with Crippen molar-refractivity contribution in [1.82, 2.24) is 30.2 Å². The quantitative estimate of drug-likeness (QED) is 0.310. The largest absolute Gasteiger partial charge is 0.384 e. The van der Waals surface area contributed by atoms with E-state index in [1.165, 1.54) is 26.2 Å². The van der Waals surface area contributed by atoms with Crippen LogP contribution in [0.5, 0.6) is 0 Å². The Bertz CT molecular complexity index is 1160. The van der Waals surface area contributed by atoms with Crippen molar-refractivity contribution in [3.8, 4) is 11.3 Å². The van der Waals surface area contributed by atoms with Crippen molar-refractivity contribution in [2.24, 2.45) is 4.99 Å². The van der Waals surface area contributed by atoms with Gasteiger partial charge in [-0.3, -0.25) is 0 Å². The minimum Gasteiger partial charge on any atom is -0.384 e. The molecule has 1 fully saturated rings. The Hall–Kier alpha value is -3.43. The Balaban J connectivity index is 0.000000354. The van der Waals surface area contributed by atoms with Gasteiger partial charge in [-0.1, -0.05) is 27.4 Å². The molecule has 10 heteroatoms. The highest BCUT2D eigenvalue weighted by atomic mass is 19.3. The molecule has 1 aliphatic rings. The number of hydrogen-bond donors (Lipinski definition) is 3. The molecule has 37 heavy (non-hydrogen) atoms. The highest BCUT2D eigenvalue weighted by Crippen LogP contribution is 2.31. The zero-order valence-corrected chi connectivity index (χ0v) is 23.4. The van der Waals surface area contributed by atoms with E-state index < -0.39 is 6.43 Å². The van der Waals surface area contributed by atoms with Gasteiger partial charge in [0.1, 0.15) is 5.65 Å². The fourth-order valence-corrected chi connectivity index (χ4v) is 3.41. The molecule has 0 unspecified atom stereocenters. The van der Waals surface area contributed by atoms with E-state index in [-0.39, 0.29) is 12.4 Å². The SMILES string of the molecule is C=C(C)NC1(C)CCC1.CC.CC(C)=Nc1ncc(-c2c[nH]c3nc(N)ncc23)nc1C.CCC(F)F. The van der Waals surface area contributed by atoms with Crippen molar-refractivity contribution < 1.29 is 8.78 Å². The molecule has 4 N–H and O–H groups in total. The van der Waals surface area contributed by atoms with Gasteiger partial charge >= 0.3 is 0 Å². The van der Waals surface area contributed by atoms with Crippen LogP contribution in [0.3, 0.4) is 0 Å². The maximum absolute atomic E-state index is 10.8. The number of nitrogens with one attached hydrogen (secondary N) is 2. The second-order valence-electron chi connectivity index (χ2n) is 9.03. The number of hydrogen-bond acceptors (Lipinski definition) is 7. The average Bonchev–Trinajstić information content (AvgIpc) is 3.24. The standard InChI is InChI=1S/C14H15N7.C8H15N.C3H6F2.C2H6/c1-7(2)19-12-8(3)20-11(6-17-12)9-4-16-13-10(9)5-18-14(15)21-13;1-7(2)9-8(3)5-4-6-8;1-2-3(4)5;1-2/h4-6H,1-3H3,(H3,15,16,18,21);9H,1,4-6H2,2-3H3;3H,2H2,1H3;1-2H3. The fourth-order valence-electron chi connectivity index (χ4n) is 3.41. The first kappa shape index (κ1) is 31.6. The molecule has 0 saturated heterocycles. The van der Waals surface area contributed by atoms with Gasteiger partial charge < -0.3 is 16.0 Å². The van der Waals surface area contributed by atoms with E-state index in [1.807, 2.05) is 47.7 Å². The third kappa shape index (κ3) is 10.2. The van der Waals surface area contributed by atoms with Gasteiger partial charge in [0.2, 0.25) is 12.4 Å². The van der Waals surface area contributed by atoms with Gasteiger partial charge in [0.25, 0.3) is 0 Å². The molecule has 0 aromatic carbocycles. The topological polar surface area (TPSA) is 118 Å². The van der Waals surface area contributed by atoms with Crippen LogP contribution in [0.2, 0.25) is 0 Å². The zero-order chi connectivity index (χ0) is 28.2. The van der Waals surface area contributed by atoms with Crippen molar-refractivity contribution >= 4 is 28.5 Å². The summed E-state index contributed by atoms with van der Waals surface area (Å²) in [5.74, 6) is 0.875. The van der Waals surface area contributed by atoms with Crippen LogP contribution in [-0.2, 0) is 0 Å². The van der Waals surface area contributed by atoms with Crippen molar-refractivity contribution in [1.29, 1.82) is 0 Å². The van der Waals surface area contributed by atoms with Crippen LogP contribution < -0.4 is 11.1 Å². The van der Waals surface area contributed by atoms with Gasteiger partial charge in [0, 0.05) is 46.7 Å². The lowest BCUT2D eigenvalue weighted by Crippen LogP contribution is -2.46. The lowest BCUT2D eigenvalue weighted by atomic mass is 9.78. The number of fused-ring (bicyclic) bond motifs is 1. The van der Waals surface area contributed by atoms with Crippen molar-refractivity contribution in [2.75, 3.05) is 5.73 Å². The second kappa shape index (κ2) is 15.0. The highest BCUT2D eigenvalue weighted by molar-refractivity contribution is 5.92. The van der Waals surface area contributed by atoms with E-state index in [1.54, 1.807) is 12.4 Å². The minimum atomic E-state index is -2.12. The van der Waals surface area contributed by atoms with Gasteiger partial charge in [-0.05, 0) is 53.9 Å². The third-order valence-electron chi connectivity index (χ3n) is 5.26. The van der Waals surface area contributed by atoms with Crippen LogP contribution in [0, 0.1) is 6.92 Å². The molecule has 0 aliphatic heterocycles.